The zero-order valence-electron chi connectivity index (χ0n) is 10.4. The minimum atomic E-state index is -0.260. The number of esters is 1. The summed E-state index contributed by atoms with van der Waals surface area (Å²) >= 11 is 1.73. The number of carbonyl (C=O) groups excluding carboxylic acids is 1. The highest BCUT2D eigenvalue weighted by Gasteiger charge is 2.28. The SMILES string of the molecule is CCCC(C)OC(=O)C1NCCc2sccc21. The van der Waals surface area contributed by atoms with Crippen LogP contribution in [-0.4, -0.2) is 18.6 Å². The highest BCUT2D eigenvalue weighted by molar-refractivity contribution is 7.10. The third kappa shape index (κ3) is 2.87. The average Bonchev–Trinajstić information content (AvgIpc) is 2.76. The molecule has 0 aliphatic carbocycles. The Morgan fingerprint density at radius 3 is 3.29 bits per heavy atom. The summed E-state index contributed by atoms with van der Waals surface area (Å²) < 4.78 is 5.46. The molecule has 4 heteroatoms. The number of ether oxygens (including phenoxy) is 1. The summed E-state index contributed by atoms with van der Waals surface area (Å²) in [6.45, 7) is 4.91. The predicted octanol–water partition coefficient (Wildman–Crippen LogP) is 2.67. The Morgan fingerprint density at radius 1 is 1.71 bits per heavy atom. The lowest BCUT2D eigenvalue weighted by atomic mass is 10.0. The van der Waals surface area contributed by atoms with Gasteiger partial charge in [0.05, 0.1) is 6.10 Å². The molecule has 2 unspecified atom stereocenters. The van der Waals surface area contributed by atoms with Crippen LogP contribution in [0.25, 0.3) is 0 Å². The number of hydrogen-bond acceptors (Lipinski definition) is 4. The zero-order chi connectivity index (χ0) is 12.3. The first-order valence-corrected chi connectivity index (χ1v) is 7.10. The molecule has 94 valence electrons. The van der Waals surface area contributed by atoms with Gasteiger partial charge in [-0.05, 0) is 36.8 Å². The molecule has 0 spiro atoms. The minimum Gasteiger partial charge on any atom is -0.461 e. The summed E-state index contributed by atoms with van der Waals surface area (Å²) in [4.78, 5) is 13.4. The molecule has 17 heavy (non-hydrogen) atoms. The van der Waals surface area contributed by atoms with Crippen molar-refractivity contribution in [2.75, 3.05) is 6.54 Å². The van der Waals surface area contributed by atoms with E-state index in [0.29, 0.717) is 0 Å². The largest absolute Gasteiger partial charge is 0.461 e. The Labute approximate surface area is 106 Å². The predicted molar refractivity (Wildman–Crippen MR) is 69.2 cm³/mol. The van der Waals surface area contributed by atoms with E-state index < -0.39 is 0 Å². The van der Waals surface area contributed by atoms with E-state index >= 15 is 0 Å². The second kappa shape index (κ2) is 5.65. The molecular formula is C13H19NO2S. The van der Waals surface area contributed by atoms with Gasteiger partial charge in [-0.15, -0.1) is 11.3 Å². The lowest BCUT2D eigenvalue weighted by Crippen LogP contribution is -2.36. The summed E-state index contributed by atoms with van der Waals surface area (Å²) in [5, 5.41) is 5.29. The molecule has 1 N–H and O–H groups in total. The van der Waals surface area contributed by atoms with Crippen LogP contribution in [0.5, 0.6) is 0 Å². The maximum atomic E-state index is 12.1. The molecule has 1 aromatic rings. The molecule has 2 rings (SSSR count). The molecule has 1 aliphatic heterocycles. The van der Waals surface area contributed by atoms with E-state index in [2.05, 4.69) is 12.2 Å². The first-order valence-electron chi connectivity index (χ1n) is 6.22. The second-order valence-electron chi connectivity index (χ2n) is 4.47. The van der Waals surface area contributed by atoms with Crippen LogP contribution >= 0.6 is 11.3 Å². The lowest BCUT2D eigenvalue weighted by Gasteiger charge is -2.24. The van der Waals surface area contributed by atoms with Crippen molar-refractivity contribution in [3.8, 4) is 0 Å². The maximum absolute atomic E-state index is 12.1. The van der Waals surface area contributed by atoms with Crippen molar-refractivity contribution in [1.29, 1.82) is 0 Å². The summed E-state index contributed by atoms with van der Waals surface area (Å²) in [6.07, 6.45) is 2.99. The Kier molecular flexibility index (Phi) is 4.18. The third-order valence-electron chi connectivity index (χ3n) is 3.04. The molecule has 2 atom stereocenters. The van der Waals surface area contributed by atoms with Crippen molar-refractivity contribution >= 4 is 17.3 Å². The highest BCUT2D eigenvalue weighted by Crippen LogP contribution is 2.28. The van der Waals surface area contributed by atoms with E-state index in [0.717, 1.165) is 31.4 Å². The van der Waals surface area contributed by atoms with E-state index in [4.69, 9.17) is 4.74 Å². The van der Waals surface area contributed by atoms with Crippen LogP contribution in [0, 0.1) is 0 Å². The Hall–Kier alpha value is -0.870. The Balaban J connectivity index is 2.02. The quantitative estimate of drug-likeness (QED) is 0.838. The van der Waals surface area contributed by atoms with Gasteiger partial charge in [-0.3, -0.25) is 0 Å². The van der Waals surface area contributed by atoms with Gasteiger partial charge in [0.15, 0.2) is 0 Å². The van der Waals surface area contributed by atoms with Crippen molar-refractivity contribution in [3.63, 3.8) is 0 Å². The van der Waals surface area contributed by atoms with E-state index in [1.165, 1.54) is 4.88 Å². The lowest BCUT2D eigenvalue weighted by molar-refractivity contribution is -0.151. The third-order valence-corrected chi connectivity index (χ3v) is 4.04. The Bertz CT molecular complexity index is 389. The number of nitrogens with one attached hydrogen (secondary N) is 1. The van der Waals surface area contributed by atoms with Gasteiger partial charge in [0.25, 0.3) is 0 Å². The molecule has 0 bridgehead atoms. The smallest absolute Gasteiger partial charge is 0.328 e. The van der Waals surface area contributed by atoms with E-state index in [1.807, 2.05) is 18.4 Å². The van der Waals surface area contributed by atoms with Gasteiger partial charge in [-0.2, -0.15) is 0 Å². The van der Waals surface area contributed by atoms with E-state index in [-0.39, 0.29) is 18.1 Å². The highest BCUT2D eigenvalue weighted by atomic mass is 32.1. The number of rotatable bonds is 4. The minimum absolute atomic E-state index is 0.0123. The number of hydrogen-bond donors (Lipinski definition) is 1. The monoisotopic (exact) mass is 253 g/mol. The molecule has 1 aromatic heterocycles. The topological polar surface area (TPSA) is 38.3 Å². The van der Waals surface area contributed by atoms with Gasteiger partial charge in [-0.1, -0.05) is 13.3 Å². The van der Waals surface area contributed by atoms with Crippen molar-refractivity contribution in [2.45, 2.75) is 45.3 Å². The summed E-state index contributed by atoms with van der Waals surface area (Å²) in [7, 11) is 0. The number of thiophene rings is 1. The maximum Gasteiger partial charge on any atom is 0.328 e. The summed E-state index contributed by atoms with van der Waals surface area (Å²) in [5.74, 6) is -0.134. The van der Waals surface area contributed by atoms with Crippen LogP contribution < -0.4 is 5.32 Å². The van der Waals surface area contributed by atoms with Gasteiger partial charge in [0.1, 0.15) is 6.04 Å². The van der Waals surface area contributed by atoms with Crippen LogP contribution in [0.4, 0.5) is 0 Å². The Morgan fingerprint density at radius 2 is 2.53 bits per heavy atom. The van der Waals surface area contributed by atoms with Gasteiger partial charge >= 0.3 is 5.97 Å². The van der Waals surface area contributed by atoms with Crippen LogP contribution in [0.15, 0.2) is 11.4 Å². The van der Waals surface area contributed by atoms with Crippen LogP contribution in [0.3, 0.4) is 0 Å². The summed E-state index contributed by atoms with van der Waals surface area (Å²) in [6, 6.07) is 1.77. The fourth-order valence-corrected chi connectivity index (χ4v) is 3.11. The number of fused-ring (bicyclic) bond motifs is 1. The van der Waals surface area contributed by atoms with E-state index in [9.17, 15) is 4.79 Å². The van der Waals surface area contributed by atoms with Crippen molar-refractivity contribution < 1.29 is 9.53 Å². The van der Waals surface area contributed by atoms with Crippen LogP contribution in [-0.2, 0) is 16.0 Å². The fourth-order valence-electron chi connectivity index (χ4n) is 2.19. The molecule has 0 radical (unpaired) electrons. The molecule has 2 heterocycles. The molecule has 0 saturated carbocycles. The molecule has 3 nitrogen and oxygen atoms in total. The fraction of sp³-hybridized carbons (Fsp3) is 0.615. The molecule has 0 fully saturated rings. The van der Waals surface area contributed by atoms with Gasteiger partial charge in [0, 0.05) is 11.4 Å². The van der Waals surface area contributed by atoms with Gasteiger partial charge < -0.3 is 10.1 Å². The molecular weight excluding hydrogens is 234 g/mol. The molecule has 0 aromatic carbocycles. The second-order valence-corrected chi connectivity index (χ2v) is 5.47. The summed E-state index contributed by atoms with van der Waals surface area (Å²) in [5.41, 5.74) is 1.11. The van der Waals surface area contributed by atoms with Gasteiger partial charge in [-0.25, -0.2) is 4.79 Å². The molecule has 0 saturated heterocycles. The first kappa shape index (κ1) is 12.6. The van der Waals surface area contributed by atoms with Crippen molar-refractivity contribution in [3.05, 3.63) is 21.9 Å². The normalized spacial score (nSPS) is 20.7. The first-order chi connectivity index (χ1) is 8.22. The van der Waals surface area contributed by atoms with E-state index in [1.54, 1.807) is 11.3 Å². The number of carbonyl (C=O) groups is 1. The zero-order valence-corrected chi connectivity index (χ0v) is 11.2. The molecule has 1 aliphatic rings. The van der Waals surface area contributed by atoms with Gasteiger partial charge in [0.2, 0.25) is 0 Å². The standard InChI is InChI=1S/C13H19NO2S/c1-3-4-9(2)16-13(15)12-10-6-8-17-11(10)5-7-14-12/h6,8-9,12,14H,3-5,7H2,1-2H3. The molecule has 0 amide bonds. The van der Waals surface area contributed by atoms with Crippen LogP contribution in [0.2, 0.25) is 0 Å². The van der Waals surface area contributed by atoms with Crippen LogP contribution in [0.1, 0.15) is 43.2 Å². The van der Waals surface area contributed by atoms with Crippen molar-refractivity contribution in [1.82, 2.24) is 5.32 Å². The average molecular weight is 253 g/mol. The van der Waals surface area contributed by atoms with Crippen molar-refractivity contribution in [2.24, 2.45) is 0 Å².